The second-order valence-electron chi connectivity index (χ2n) is 4.28. The van der Waals surface area contributed by atoms with Crippen molar-refractivity contribution in [2.75, 3.05) is 39.3 Å². The average molecular weight is 183 g/mol. The van der Waals surface area contributed by atoms with Crippen LogP contribution in [0.25, 0.3) is 0 Å². The van der Waals surface area contributed by atoms with E-state index in [4.69, 9.17) is 0 Å². The monoisotopic (exact) mass is 183 g/mol. The lowest BCUT2D eigenvalue weighted by Crippen LogP contribution is -2.63. The lowest BCUT2D eigenvalue weighted by molar-refractivity contribution is 0.0415. The van der Waals surface area contributed by atoms with Gasteiger partial charge < -0.3 is 5.32 Å². The fourth-order valence-electron chi connectivity index (χ4n) is 2.36. The van der Waals surface area contributed by atoms with Gasteiger partial charge in [-0.3, -0.25) is 9.80 Å². The van der Waals surface area contributed by atoms with Crippen molar-refractivity contribution in [3.63, 3.8) is 0 Å². The summed E-state index contributed by atoms with van der Waals surface area (Å²) in [6.45, 7) is 12.0. The molecule has 0 aromatic heterocycles. The van der Waals surface area contributed by atoms with E-state index in [0.717, 1.165) is 12.1 Å². The molecule has 0 unspecified atom stereocenters. The van der Waals surface area contributed by atoms with Gasteiger partial charge in [0, 0.05) is 44.8 Å². The van der Waals surface area contributed by atoms with Crippen LogP contribution in [0.4, 0.5) is 0 Å². The van der Waals surface area contributed by atoms with Crippen LogP contribution in [0.1, 0.15) is 13.8 Å². The van der Waals surface area contributed by atoms with E-state index in [-0.39, 0.29) is 0 Å². The Bertz CT molecular complexity index is 168. The number of likely N-dealkylation sites (N-methyl/N-ethyl adjacent to an activating group) is 1. The van der Waals surface area contributed by atoms with Gasteiger partial charge in [0.25, 0.3) is 0 Å². The van der Waals surface area contributed by atoms with Crippen molar-refractivity contribution in [1.29, 1.82) is 0 Å². The molecule has 2 saturated heterocycles. The number of hydrogen-bond donors (Lipinski definition) is 1. The van der Waals surface area contributed by atoms with Gasteiger partial charge in [-0.2, -0.15) is 0 Å². The quantitative estimate of drug-likeness (QED) is 0.649. The molecule has 1 atom stereocenters. The molecular formula is C10H21N3. The Morgan fingerprint density at radius 2 is 2.08 bits per heavy atom. The summed E-state index contributed by atoms with van der Waals surface area (Å²) in [5.41, 5.74) is 0. The predicted molar refractivity (Wildman–Crippen MR) is 54.9 cm³/mol. The smallest absolute Gasteiger partial charge is 0.0346 e. The maximum Gasteiger partial charge on any atom is 0.0346 e. The van der Waals surface area contributed by atoms with Crippen LogP contribution in [0.15, 0.2) is 0 Å². The van der Waals surface area contributed by atoms with Gasteiger partial charge >= 0.3 is 0 Å². The molecule has 2 heterocycles. The van der Waals surface area contributed by atoms with Crippen molar-refractivity contribution in [3.05, 3.63) is 0 Å². The van der Waals surface area contributed by atoms with E-state index in [1.807, 2.05) is 0 Å². The second-order valence-corrected chi connectivity index (χ2v) is 4.28. The van der Waals surface area contributed by atoms with Gasteiger partial charge in [-0.05, 0) is 13.5 Å². The Morgan fingerprint density at radius 3 is 2.54 bits per heavy atom. The third kappa shape index (κ3) is 1.87. The Balaban J connectivity index is 1.83. The molecule has 0 aromatic rings. The molecule has 76 valence electrons. The second kappa shape index (κ2) is 3.95. The van der Waals surface area contributed by atoms with Gasteiger partial charge in [-0.25, -0.2) is 0 Å². The van der Waals surface area contributed by atoms with Crippen molar-refractivity contribution in [2.45, 2.75) is 25.9 Å². The lowest BCUT2D eigenvalue weighted by Gasteiger charge is -2.46. The van der Waals surface area contributed by atoms with Gasteiger partial charge in [0.15, 0.2) is 0 Å². The maximum atomic E-state index is 3.34. The third-order valence-electron chi connectivity index (χ3n) is 3.48. The number of nitrogens with zero attached hydrogens (tertiary/aromatic N) is 2. The van der Waals surface area contributed by atoms with E-state index >= 15 is 0 Å². The molecule has 2 rings (SSSR count). The van der Waals surface area contributed by atoms with E-state index in [1.165, 1.54) is 39.3 Å². The van der Waals surface area contributed by atoms with E-state index in [0.29, 0.717) is 0 Å². The third-order valence-corrected chi connectivity index (χ3v) is 3.48. The first-order valence-electron chi connectivity index (χ1n) is 5.50. The molecule has 0 saturated carbocycles. The Hall–Kier alpha value is -0.120. The fraction of sp³-hybridized carbons (Fsp3) is 1.00. The van der Waals surface area contributed by atoms with Crippen molar-refractivity contribution in [3.8, 4) is 0 Å². The molecule has 0 radical (unpaired) electrons. The van der Waals surface area contributed by atoms with E-state index < -0.39 is 0 Å². The van der Waals surface area contributed by atoms with E-state index in [2.05, 4.69) is 29.0 Å². The van der Waals surface area contributed by atoms with Crippen LogP contribution in [0.2, 0.25) is 0 Å². The van der Waals surface area contributed by atoms with Crippen molar-refractivity contribution < 1.29 is 0 Å². The summed E-state index contributed by atoms with van der Waals surface area (Å²) in [5.74, 6) is 0. The van der Waals surface area contributed by atoms with Crippen LogP contribution in [-0.2, 0) is 0 Å². The van der Waals surface area contributed by atoms with Gasteiger partial charge in [-0.1, -0.05) is 6.92 Å². The highest BCUT2D eigenvalue weighted by Gasteiger charge is 2.30. The molecule has 0 spiro atoms. The summed E-state index contributed by atoms with van der Waals surface area (Å²) in [7, 11) is 0. The molecule has 1 N–H and O–H groups in total. The summed E-state index contributed by atoms with van der Waals surface area (Å²) in [5, 5.41) is 3.34. The minimum atomic E-state index is 0.749. The zero-order valence-corrected chi connectivity index (χ0v) is 8.79. The first kappa shape index (κ1) is 9.44. The Kier molecular flexibility index (Phi) is 2.86. The standard InChI is InChI=1S/C10H21N3/c1-3-12-4-5-13(8-9(12)2)10-6-11-7-10/h9-11H,3-8H2,1-2H3/t9-/m1/s1. The van der Waals surface area contributed by atoms with Gasteiger partial charge in [0.2, 0.25) is 0 Å². The number of rotatable bonds is 2. The molecule has 0 aliphatic carbocycles. The minimum absolute atomic E-state index is 0.749. The Morgan fingerprint density at radius 1 is 1.31 bits per heavy atom. The first-order valence-corrected chi connectivity index (χ1v) is 5.50. The van der Waals surface area contributed by atoms with Crippen molar-refractivity contribution in [1.82, 2.24) is 15.1 Å². The first-order chi connectivity index (χ1) is 6.31. The lowest BCUT2D eigenvalue weighted by atomic mass is 10.1. The van der Waals surface area contributed by atoms with Gasteiger partial charge in [-0.15, -0.1) is 0 Å². The molecule has 3 nitrogen and oxygen atoms in total. The fourth-order valence-corrected chi connectivity index (χ4v) is 2.36. The van der Waals surface area contributed by atoms with Crippen LogP contribution in [0.5, 0.6) is 0 Å². The summed E-state index contributed by atoms with van der Waals surface area (Å²) >= 11 is 0. The molecule has 2 aliphatic heterocycles. The summed E-state index contributed by atoms with van der Waals surface area (Å²) < 4.78 is 0. The number of hydrogen-bond acceptors (Lipinski definition) is 3. The van der Waals surface area contributed by atoms with Crippen molar-refractivity contribution in [2.24, 2.45) is 0 Å². The number of piperazine rings is 1. The molecule has 0 bridgehead atoms. The highest BCUT2D eigenvalue weighted by molar-refractivity contribution is 4.89. The average Bonchev–Trinajstić information content (AvgIpc) is 2.01. The topological polar surface area (TPSA) is 18.5 Å². The molecule has 0 amide bonds. The molecule has 2 fully saturated rings. The molecule has 2 aliphatic rings. The van der Waals surface area contributed by atoms with E-state index in [1.54, 1.807) is 0 Å². The molecule has 3 heteroatoms. The Labute approximate surface area is 81.1 Å². The predicted octanol–water partition coefficient (Wildman–Crippen LogP) is -0.0158. The SMILES string of the molecule is CCN1CCN(C2CNC2)C[C@H]1C. The van der Waals surface area contributed by atoms with Crippen LogP contribution >= 0.6 is 0 Å². The van der Waals surface area contributed by atoms with Crippen LogP contribution in [0, 0.1) is 0 Å². The highest BCUT2D eigenvalue weighted by atomic mass is 15.3. The highest BCUT2D eigenvalue weighted by Crippen LogP contribution is 2.13. The molecule has 13 heavy (non-hydrogen) atoms. The maximum absolute atomic E-state index is 3.34. The number of nitrogens with one attached hydrogen (secondary N) is 1. The summed E-state index contributed by atoms with van der Waals surface area (Å²) in [6.07, 6.45) is 0. The largest absolute Gasteiger partial charge is 0.314 e. The van der Waals surface area contributed by atoms with Gasteiger partial charge in [0.05, 0.1) is 0 Å². The summed E-state index contributed by atoms with van der Waals surface area (Å²) in [4.78, 5) is 5.22. The molecule has 0 aromatic carbocycles. The van der Waals surface area contributed by atoms with Crippen LogP contribution in [0.3, 0.4) is 0 Å². The minimum Gasteiger partial charge on any atom is -0.314 e. The summed E-state index contributed by atoms with van der Waals surface area (Å²) in [6, 6.07) is 1.58. The van der Waals surface area contributed by atoms with E-state index in [9.17, 15) is 0 Å². The normalized spacial score (nSPS) is 33.2. The van der Waals surface area contributed by atoms with Crippen LogP contribution < -0.4 is 5.32 Å². The van der Waals surface area contributed by atoms with Gasteiger partial charge in [0.1, 0.15) is 0 Å². The van der Waals surface area contributed by atoms with Crippen molar-refractivity contribution >= 4 is 0 Å². The zero-order chi connectivity index (χ0) is 9.26. The molecular weight excluding hydrogens is 162 g/mol. The zero-order valence-electron chi connectivity index (χ0n) is 8.79. The van der Waals surface area contributed by atoms with Crippen LogP contribution in [-0.4, -0.2) is 61.2 Å².